The van der Waals surface area contributed by atoms with Crippen molar-refractivity contribution in [1.82, 2.24) is 19.3 Å². The van der Waals surface area contributed by atoms with Gasteiger partial charge in [0.2, 0.25) is 5.56 Å². The number of hydrogen-bond acceptors (Lipinski definition) is 4. The van der Waals surface area contributed by atoms with Crippen molar-refractivity contribution >= 4 is 11.6 Å². The minimum absolute atomic E-state index is 0.0464. The van der Waals surface area contributed by atoms with Crippen LogP contribution in [0.15, 0.2) is 96.2 Å². The van der Waals surface area contributed by atoms with E-state index < -0.39 is 0 Å². The van der Waals surface area contributed by atoms with Crippen molar-refractivity contribution in [2.24, 2.45) is 0 Å². The number of fused-ring (bicyclic) bond motifs is 1. The van der Waals surface area contributed by atoms with Crippen LogP contribution >= 0.6 is 0 Å². The minimum Gasteiger partial charge on any atom is -0.508 e. The third-order valence-corrected chi connectivity index (χ3v) is 7.45. The molecule has 2 aromatic carbocycles. The van der Waals surface area contributed by atoms with Gasteiger partial charge in [-0.05, 0) is 65.8 Å². The van der Waals surface area contributed by atoms with Crippen LogP contribution in [0, 0.1) is 0 Å². The quantitative estimate of drug-likeness (QED) is 0.352. The van der Waals surface area contributed by atoms with E-state index >= 15 is 0 Å². The number of aromatic hydroxyl groups is 1. The van der Waals surface area contributed by atoms with Gasteiger partial charge in [-0.2, -0.15) is 0 Å². The fourth-order valence-corrected chi connectivity index (χ4v) is 5.44. The number of carbonyl (C=O) groups excluding carboxylic acids is 1. The number of phenols is 1. The third-order valence-electron chi connectivity index (χ3n) is 7.45. The number of rotatable bonds is 5. The molecule has 38 heavy (non-hydrogen) atoms. The molecule has 0 spiro atoms. The van der Waals surface area contributed by atoms with Gasteiger partial charge in [-0.3, -0.25) is 14.0 Å². The van der Waals surface area contributed by atoms with Gasteiger partial charge in [-0.25, -0.2) is 4.98 Å². The molecule has 0 saturated carbocycles. The highest BCUT2D eigenvalue weighted by Crippen LogP contribution is 2.33. The number of phenolic OH excluding ortho intramolecular Hbond substituents is 1. The summed E-state index contributed by atoms with van der Waals surface area (Å²) in [6.07, 6.45) is 7.67. The van der Waals surface area contributed by atoms with E-state index in [0.717, 1.165) is 46.4 Å². The number of aromatic nitrogens is 3. The Bertz CT molecular complexity index is 1660. The molecule has 4 heterocycles. The molecule has 1 aliphatic heterocycles. The molecule has 5 aromatic rings. The largest absolute Gasteiger partial charge is 0.508 e. The van der Waals surface area contributed by atoms with Crippen LogP contribution in [0.25, 0.3) is 16.9 Å². The van der Waals surface area contributed by atoms with Gasteiger partial charge in [0.25, 0.3) is 5.91 Å². The number of hydrogen-bond donors (Lipinski definition) is 2. The first kappa shape index (κ1) is 23.7. The van der Waals surface area contributed by atoms with Crippen LogP contribution in [0.1, 0.15) is 45.8 Å². The maximum Gasteiger partial charge on any atom is 0.253 e. The first-order chi connectivity index (χ1) is 18.6. The summed E-state index contributed by atoms with van der Waals surface area (Å²) in [5, 5.41) is 10.2. The fraction of sp³-hybridized carbons (Fsp3) is 0.194. The van der Waals surface area contributed by atoms with Crippen LogP contribution in [0.2, 0.25) is 0 Å². The first-order valence-electron chi connectivity index (χ1n) is 12.9. The van der Waals surface area contributed by atoms with Crippen molar-refractivity contribution in [3.05, 3.63) is 124 Å². The Balaban J connectivity index is 1.14. The fourth-order valence-electron chi connectivity index (χ4n) is 5.44. The van der Waals surface area contributed by atoms with E-state index in [2.05, 4.69) is 9.97 Å². The third kappa shape index (κ3) is 4.59. The Morgan fingerprint density at radius 1 is 1.00 bits per heavy atom. The summed E-state index contributed by atoms with van der Waals surface area (Å²) in [4.78, 5) is 34.1. The SMILES string of the molecule is O=C(c1ccc(Cc2ccc(-c3cc[nH]c(=O)c3)n3ccnc23)cc1)N1CCC(c2ccccc2O)CC1. The van der Waals surface area contributed by atoms with Crippen molar-refractivity contribution < 1.29 is 9.90 Å². The van der Waals surface area contributed by atoms with Gasteiger partial charge in [0.05, 0.1) is 5.69 Å². The van der Waals surface area contributed by atoms with Crippen molar-refractivity contribution in [2.45, 2.75) is 25.2 Å². The Morgan fingerprint density at radius 3 is 2.55 bits per heavy atom. The molecule has 6 rings (SSSR count). The van der Waals surface area contributed by atoms with Crippen LogP contribution in [-0.4, -0.2) is 43.4 Å². The van der Waals surface area contributed by atoms with Gasteiger partial charge >= 0.3 is 0 Å². The maximum atomic E-state index is 13.2. The van der Waals surface area contributed by atoms with E-state index in [1.165, 1.54) is 0 Å². The Hall–Kier alpha value is -4.65. The molecule has 0 aliphatic carbocycles. The second-order valence-electron chi connectivity index (χ2n) is 9.81. The Kier molecular flexibility index (Phi) is 6.25. The number of piperidine rings is 1. The summed E-state index contributed by atoms with van der Waals surface area (Å²) in [6, 6.07) is 22.8. The van der Waals surface area contributed by atoms with E-state index in [1.54, 1.807) is 24.5 Å². The number of nitrogens with zero attached hydrogens (tertiary/aromatic N) is 3. The zero-order chi connectivity index (χ0) is 26.1. The highest BCUT2D eigenvalue weighted by Gasteiger charge is 2.26. The van der Waals surface area contributed by atoms with Crippen molar-refractivity contribution in [3.63, 3.8) is 0 Å². The number of aromatic amines is 1. The highest BCUT2D eigenvalue weighted by atomic mass is 16.3. The molecule has 0 radical (unpaired) electrons. The molecule has 7 heteroatoms. The highest BCUT2D eigenvalue weighted by molar-refractivity contribution is 5.94. The summed E-state index contributed by atoms with van der Waals surface area (Å²) < 4.78 is 2.00. The van der Waals surface area contributed by atoms with E-state index in [0.29, 0.717) is 30.8 Å². The molecule has 1 amide bonds. The van der Waals surface area contributed by atoms with Gasteiger partial charge in [0, 0.05) is 55.3 Å². The first-order valence-corrected chi connectivity index (χ1v) is 12.9. The minimum atomic E-state index is -0.144. The molecule has 7 nitrogen and oxygen atoms in total. The zero-order valence-corrected chi connectivity index (χ0v) is 20.9. The second-order valence-corrected chi connectivity index (χ2v) is 9.81. The normalized spacial score (nSPS) is 14.2. The molecule has 1 fully saturated rings. The van der Waals surface area contributed by atoms with Crippen molar-refractivity contribution in [1.29, 1.82) is 0 Å². The predicted octanol–water partition coefficient (Wildman–Crippen LogP) is 5.01. The number of likely N-dealkylation sites (tertiary alicyclic amines) is 1. The van der Waals surface area contributed by atoms with Crippen LogP contribution in [0.4, 0.5) is 0 Å². The van der Waals surface area contributed by atoms with E-state index in [1.807, 2.05) is 76.2 Å². The molecule has 1 aliphatic rings. The number of benzene rings is 2. The number of nitrogens with one attached hydrogen (secondary N) is 1. The molecule has 0 bridgehead atoms. The van der Waals surface area contributed by atoms with Crippen LogP contribution in [0.5, 0.6) is 5.75 Å². The molecule has 0 atom stereocenters. The van der Waals surface area contributed by atoms with Gasteiger partial charge in [-0.1, -0.05) is 36.4 Å². The summed E-state index contributed by atoms with van der Waals surface area (Å²) in [5.74, 6) is 0.659. The van der Waals surface area contributed by atoms with Gasteiger partial charge in [0.15, 0.2) is 0 Å². The molecule has 2 N–H and O–H groups in total. The summed E-state index contributed by atoms with van der Waals surface area (Å²) in [6.45, 7) is 1.36. The second kappa shape index (κ2) is 10.0. The number of pyridine rings is 2. The number of amides is 1. The number of carbonyl (C=O) groups is 1. The van der Waals surface area contributed by atoms with E-state index in [9.17, 15) is 14.7 Å². The molecule has 3 aromatic heterocycles. The van der Waals surface area contributed by atoms with E-state index in [4.69, 9.17) is 0 Å². The monoisotopic (exact) mass is 504 g/mol. The molecule has 0 unspecified atom stereocenters. The van der Waals surface area contributed by atoms with Gasteiger partial charge in [0.1, 0.15) is 11.4 Å². The standard InChI is InChI=1S/C31H28N4O3/c36-28-4-2-1-3-26(28)22-12-16-34(17-13-22)31(38)23-7-5-21(6-8-23)19-25-9-10-27(35-18-15-33-30(25)35)24-11-14-32-29(37)20-24/h1-11,14-15,18,20,22,36H,12-13,16-17,19H2,(H,32,37). The van der Waals surface area contributed by atoms with E-state index in [-0.39, 0.29) is 17.4 Å². The molecular weight excluding hydrogens is 476 g/mol. The average molecular weight is 505 g/mol. The Morgan fingerprint density at radius 2 is 1.79 bits per heavy atom. The lowest BCUT2D eigenvalue weighted by Gasteiger charge is -2.32. The lowest BCUT2D eigenvalue weighted by Crippen LogP contribution is -2.37. The predicted molar refractivity (Wildman–Crippen MR) is 146 cm³/mol. The molecular formula is C31H28N4O3. The van der Waals surface area contributed by atoms with Gasteiger partial charge in [-0.15, -0.1) is 0 Å². The average Bonchev–Trinajstić information content (AvgIpc) is 3.44. The maximum absolute atomic E-state index is 13.2. The molecule has 190 valence electrons. The number of para-hydroxylation sites is 1. The van der Waals surface area contributed by atoms with Crippen LogP contribution in [-0.2, 0) is 6.42 Å². The Labute approximate surface area is 220 Å². The topological polar surface area (TPSA) is 90.7 Å². The number of imidazole rings is 1. The zero-order valence-electron chi connectivity index (χ0n) is 20.9. The summed E-state index contributed by atoms with van der Waals surface area (Å²) in [5.41, 5.74) is 6.24. The lowest BCUT2D eigenvalue weighted by atomic mass is 9.88. The van der Waals surface area contributed by atoms with Crippen molar-refractivity contribution in [2.75, 3.05) is 13.1 Å². The van der Waals surface area contributed by atoms with Gasteiger partial charge < -0.3 is 15.0 Å². The van der Waals surface area contributed by atoms with Crippen LogP contribution in [0.3, 0.4) is 0 Å². The lowest BCUT2D eigenvalue weighted by molar-refractivity contribution is 0.0712. The number of H-pyrrole nitrogens is 1. The molecule has 1 saturated heterocycles. The smallest absolute Gasteiger partial charge is 0.253 e. The van der Waals surface area contributed by atoms with Crippen molar-refractivity contribution in [3.8, 4) is 17.0 Å². The summed E-state index contributed by atoms with van der Waals surface area (Å²) in [7, 11) is 0. The van der Waals surface area contributed by atoms with Crippen LogP contribution < -0.4 is 5.56 Å². The summed E-state index contributed by atoms with van der Waals surface area (Å²) >= 11 is 0.